The lowest BCUT2D eigenvalue weighted by molar-refractivity contribution is -0.116. The summed E-state index contributed by atoms with van der Waals surface area (Å²) in [5.74, 6) is 0.161. The number of nitrogens with one attached hydrogen (secondary N) is 2. The lowest BCUT2D eigenvalue weighted by Gasteiger charge is -2.08. The number of hydrogen-bond donors (Lipinski definition) is 2. The van der Waals surface area contributed by atoms with Crippen molar-refractivity contribution < 1.29 is 4.79 Å². The second-order valence-corrected chi connectivity index (χ2v) is 4.48. The van der Waals surface area contributed by atoms with Crippen LogP contribution in [-0.2, 0) is 4.79 Å². The Hall–Kier alpha value is -0.910. The van der Waals surface area contributed by atoms with Gasteiger partial charge in [-0.2, -0.15) is 0 Å². The van der Waals surface area contributed by atoms with E-state index >= 15 is 0 Å². The summed E-state index contributed by atoms with van der Waals surface area (Å²) >= 11 is 11.3. The van der Waals surface area contributed by atoms with Gasteiger partial charge in [-0.15, -0.1) is 0 Å². The second-order valence-electron chi connectivity index (χ2n) is 3.75. The van der Waals surface area contributed by atoms with E-state index in [9.17, 15) is 4.79 Å². The highest BCUT2D eigenvalue weighted by Gasteiger charge is 2.06. The zero-order valence-electron chi connectivity index (χ0n) is 9.63. The summed E-state index contributed by atoms with van der Waals surface area (Å²) in [6.07, 6.45) is 0.359. The van der Waals surface area contributed by atoms with E-state index in [1.807, 2.05) is 13.8 Å². The molecule has 1 aromatic heterocycles. The summed E-state index contributed by atoms with van der Waals surface area (Å²) in [7, 11) is 0. The first-order valence-electron chi connectivity index (χ1n) is 5.20. The highest BCUT2D eigenvalue weighted by molar-refractivity contribution is 6.32. The van der Waals surface area contributed by atoms with Crippen LogP contribution in [0.1, 0.15) is 20.3 Å². The Balaban J connectivity index is 2.45. The molecule has 0 atom stereocenters. The van der Waals surface area contributed by atoms with Crippen molar-refractivity contribution in [2.45, 2.75) is 26.3 Å². The molecule has 94 valence electrons. The molecule has 1 rings (SSSR count). The average Bonchev–Trinajstić information content (AvgIpc) is 2.14. The van der Waals surface area contributed by atoms with Crippen LogP contribution in [0.2, 0.25) is 10.4 Å². The Morgan fingerprint density at radius 3 is 2.71 bits per heavy atom. The van der Waals surface area contributed by atoms with E-state index in [0.717, 1.165) is 0 Å². The van der Waals surface area contributed by atoms with Crippen LogP contribution in [0.5, 0.6) is 0 Å². The fraction of sp³-hybridized carbons (Fsp3) is 0.500. The molecule has 0 spiro atoms. The molecule has 5 nitrogen and oxygen atoms in total. The van der Waals surface area contributed by atoms with Gasteiger partial charge in [0.2, 0.25) is 11.2 Å². The van der Waals surface area contributed by atoms with E-state index < -0.39 is 0 Å². The highest BCUT2D eigenvalue weighted by atomic mass is 35.5. The molecule has 0 aliphatic heterocycles. The van der Waals surface area contributed by atoms with Crippen LogP contribution in [0.25, 0.3) is 0 Å². The summed E-state index contributed by atoms with van der Waals surface area (Å²) in [6.45, 7) is 4.64. The van der Waals surface area contributed by atoms with Gasteiger partial charge in [-0.1, -0.05) is 25.4 Å². The number of halogens is 2. The molecule has 0 unspecified atom stereocenters. The van der Waals surface area contributed by atoms with E-state index in [0.29, 0.717) is 24.8 Å². The zero-order valence-corrected chi connectivity index (χ0v) is 11.1. The Morgan fingerprint density at radius 1 is 1.41 bits per heavy atom. The Morgan fingerprint density at radius 2 is 2.12 bits per heavy atom. The molecule has 1 heterocycles. The van der Waals surface area contributed by atoms with Crippen molar-refractivity contribution in [2.24, 2.45) is 0 Å². The maximum atomic E-state index is 11.5. The van der Waals surface area contributed by atoms with E-state index in [-0.39, 0.29) is 16.3 Å². The molecule has 1 amide bonds. The van der Waals surface area contributed by atoms with Crippen LogP contribution in [-0.4, -0.2) is 28.5 Å². The molecule has 0 saturated carbocycles. The fourth-order valence-electron chi connectivity index (χ4n) is 1.13. The third kappa shape index (κ3) is 5.81. The monoisotopic (exact) mass is 276 g/mol. The minimum Gasteiger partial charge on any atom is -0.314 e. The topological polar surface area (TPSA) is 66.9 Å². The summed E-state index contributed by atoms with van der Waals surface area (Å²) in [5.41, 5.74) is 0. The quantitative estimate of drug-likeness (QED) is 0.639. The minimum atomic E-state index is -0.149. The molecule has 0 aromatic carbocycles. The van der Waals surface area contributed by atoms with E-state index in [4.69, 9.17) is 23.2 Å². The van der Waals surface area contributed by atoms with Gasteiger partial charge in [0.1, 0.15) is 11.0 Å². The lowest BCUT2D eigenvalue weighted by Crippen LogP contribution is -2.27. The smallest absolute Gasteiger partial charge is 0.226 e. The zero-order chi connectivity index (χ0) is 12.8. The molecule has 0 aliphatic carbocycles. The van der Waals surface area contributed by atoms with Crippen LogP contribution in [0.15, 0.2) is 6.07 Å². The Bertz CT molecular complexity index is 378. The molecule has 0 aliphatic rings. The van der Waals surface area contributed by atoms with Crippen molar-refractivity contribution in [3.8, 4) is 0 Å². The molecule has 0 fully saturated rings. The van der Waals surface area contributed by atoms with Crippen LogP contribution in [0.4, 0.5) is 5.82 Å². The summed E-state index contributed by atoms with van der Waals surface area (Å²) in [5, 5.41) is 5.94. The van der Waals surface area contributed by atoms with Gasteiger partial charge in [-0.25, -0.2) is 9.97 Å². The van der Waals surface area contributed by atoms with Gasteiger partial charge < -0.3 is 10.6 Å². The van der Waals surface area contributed by atoms with Crippen molar-refractivity contribution in [3.63, 3.8) is 0 Å². The molecular formula is C10H14Cl2N4O. The molecular weight excluding hydrogens is 263 g/mol. The number of anilines is 1. The third-order valence-corrected chi connectivity index (χ3v) is 2.20. The number of carbonyl (C=O) groups is 1. The van der Waals surface area contributed by atoms with Gasteiger partial charge in [-0.3, -0.25) is 4.79 Å². The van der Waals surface area contributed by atoms with Crippen molar-refractivity contribution in [1.82, 2.24) is 15.3 Å². The summed E-state index contributed by atoms with van der Waals surface area (Å²) in [6, 6.07) is 1.80. The average molecular weight is 277 g/mol. The Kier molecular flexibility index (Phi) is 5.61. The van der Waals surface area contributed by atoms with Crippen LogP contribution < -0.4 is 10.6 Å². The maximum absolute atomic E-state index is 11.5. The van der Waals surface area contributed by atoms with Gasteiger partial charge in [0, 0.05) is 25.1 Å². The normalized spacial score (nSPS) is 10.6. The van der Waals surface area contributed by atoms with Crippen molar-refractivity contribution in [3.05, 3.63) is 16.5 Å². The van der Waals surface area contributed by atoms with E-state index in [2.05, 4.69) is 20.6 Å². The first-order valence-corrected chi connectivity index (χ1v) is 5.96. The third-order valence-electron chi connectivity index (χ3n) is 1.84. The van der Waals surface area contributed by atoms with Gasteiger partial charge in [0.05, 0.1) is 0 Å². The largest absolute Gasteiger partial charge is 0.314 e. The molecule has 0 saturated heterocycles. The Labute approximate surface area is 110 Å². The number of aromatic nitrogens is 2. The fourth-order valence-corrected chi connectivity index (χ4v) is 1.54. The molecule has 0 bridgehead atoms. The van der Waals surface area contributed by atoms with E-state index in [1.54, 1.807) is 0 Å². The van der Waals surface area contributed by atoms with Crippen LogP contribution >= 0.6 is 23.2 Å². The number of nitrogens with zero attached hydrogens (tertiary/aromatic N) is 2. The van der Waals surface area contributed by atoms with Crippen LogP contribution in [0.3, 0.4) is 0 Å². The van der Waals surface area contributed by atoms with E-state index in [1.165, 1.54) is 6.07 Å². The predicted octanol–water partition coefficient (Wildman–Crippen LogP) is 2.11. The molecule has 0 radical (unpaired) electrons. The van der Waals surface area contributed by atoms with Gasteiger partial charge in [0.25, 0.3) is 0 Å². The van der Waals surface area contributed by atoms with Crippen molar-refractivity contribution >= 4 is 34.9 Å². The predicted molar refractivity (Wildman–Crippen MR) is 68.4 cm³/mol. The van der Waals surface area contributed by atoms with Gasteiger partial charge >= 0.3 is 0 Å². The molecule has 7 heteroatoms. The molecule has 2 N–H and O–H groups in total. The summed E-state index contributed by atoms with van der Waals surface area (Å²) in [4.78, 5) is 19.0. The first kappa shape index (κ1) is 14.2. The minimum absolute atomic E-state index is 0.00751. The maximum Gasteiger partial charge on any atom is 0.226 e. The lowest BCUT2D eigenvalue weighted by atomic mass is 10.3. The SMILES string of the molecule is CC(C)NCCC(=O)Nc1cc(Cl)nc(Cl)n1. The van der Waals surface area contributed by atoms with Crippen molar-refractivity contribution in [1.29, 1.82) is 0 Å². The standard InChI is InChI=1S/C10H14Cl2N4O/c1-6(2)13-4-3-9(17)15-8-5-7(11)14-10(12)16-8/h5-6,13H,3-4H2,1-2H3,(H,14,15,16,17). The number of carbonyl (C=O) groups excluding carboxylic acids is 1. The molecule has 1 aromatic rings. The number of amides is 1. The van der Waals surface area contributed by atoms with Crippen LogP contribution in [0, 0.1) is 0 Å². The first-order chi connectivity index (χ1) is 7.97. The summed E-state index contributed by atoms with van der Waals surface area (Å²) < 4.78 is 0. The highest BCUT2D eigenvalue weighted by Crippen LogP contribution is 2.14. The van der Waals surface area contributed by atoms with Crippen molar-refractivity contribution in [2.75, 3.05) is 11.9 Å². The van der Waals surface area contributed by atoms with Gasteiger partial charge in [-0.05, 0) is 11.6 Å². The van der Waals surface area contributed by atoms with Gasteiger partial charge in [0.15, 0.2) is 0 Å². The number of rotatable bonds is 5. The number of hydrogen-bond acceptors (Lipinski definition) is 4. The second kappa shape index (κ2) is 6.74. The molecule has 17 heavy (non-hydrogen) atoms.